The van der Waals surface area contributed by atoms with Crippen LogP contribution in [0.25, 0.3) is 0 Å². The van der Waals surface area contributed by atoms with Crippen molar-refractivity contribution in [3.05, 3.63) is 71.8 Å². The Kier molecular flexibility index (Phi) is 6.64. The van der Waals surface area contributed by atoms with Crippen LogP contribution in [0.5, 0.6) is 0 Å². The number of nitrogens with two attached hydrogens (primary N) is 1. The van der Waals surface area contributed by atoms with Gasteiger partial charge in [0.15, 0.2) is 0 Å². The molecule has 0 aliphatic carbocycles. The van der Waals surface area contributed by atoms with Crippen LogP contribution in [0.2, 0.25) is 0 Å². The van der Waals surface area contributed by atoms with Crippen molar-refractivity contribution in [1.82, 2.24) is 9.80 Å². The molecule has 3 rings (SSSR count). The normalized spacial score (nSPS) is 21.6. The summed E-state index contributed by atoms with van der Waals surface area (Å²) in [5, 5.41) is 0. The summed E-state index contributed by atoms with van der Waals surface area (Å²) >= 11 is 0. The van der Waals surface area contributed by atoms with Gasteiger partial charge in [0, 0.05) is 32.2 Å². The summed E-state index contributed by atoms with van der Waals surface area (Å²) in [5.74, 6) is 0.0487. The first kappa shape index (κ1) is 19.6. The molecular formula is C23H31N3O. The molecule has 0 bridgehead atoms. The monoisotopic (exact) mass is 365 g/mol. The van der Waals surface area contributed by atoms with Gasteiger partial charge in [0.05, 0.1) is 6.04 Å². The molecular weight excluding hydrogens is 334 g/mol. The standard InChI is InChI=1S/C23H31N3O/c1-18-15-21(13-14-26(18)17-20-11-7-4-8-12-20)25(2)23(27)22(24)16-19-9-5-3-6-10-19/h3-12,18,21-22H,13-17,24H2,1-2H3. The summed E-state index contributed by atoms with van der Waals surface area (Å²) in [7, 11) is 1.91. The Labute approximate surface area is 163 Å². The summed E-state index contributed by atoms with van der Waals surface area (Å²) in [4.78, 5) is 17.2. The molecule has 3 atom stereocenters. The minimum Gasteiger partial charge on any atom is -0.341 e. The number of nitrogens with zero attached hydrogens (tertiary/aromatic N) is 2. The number of hydrogen-bond donors (Lipinski definition) is 1. The highest BCUT2D eigenvalue weighted by atomic mass is 16.2. The van der Waals surface area contributed by atoms with E-state index in [9.17, 15) is 4.79 Å². The first-order valence-corrected chi connectivity index (χ1v) is 9.88. The molecule has 27 heavy (non-hydrogen) atoms. The summed E-state index contributed by atoms with van der Waals surface area (Å²) in [6.07, 6.45) is 2.58. The first-order valence-electron chi connectivity index (χ1n) is 9.88. The molecule has 2 aromatic rings. The van der Waals surface area contributed by atoms with E-state index in [1.807, 2.05) is 42.3 Å². The van der Waals surface area contributed by atoms with Crippen LogP contribution in [0.15, 0.2) is 60.7 Å². The summed E-state index contributed by atoms with van der Waals surface area (Å²) < 4.78 is 0. The molecule has 1 saturated heterocycles. The Morgan fingerprint density at radius 2 is 1.70 bits per heavy atom. The number of amides is 1. The molecule has 4 heteroatoms. The third kappa shape index (κ3) is 5.18. The number of carbonyl (C=O) groups is 1. The second-order valence-corrected chi connectivity index (χ2v) is 7.73. The molecule has 2 N–H and O–H groups in total. The fourth-order valence-electron chi connectivity index (χ4n) is 4.00. The van der Waals surface area contributed by atoms with E-state index in [1.54, 1.807) is 0 Å². The lowest BCUT2D eigenvalue weighted by Gasteiger charge is -2.41. The molecule has 144 valence electrons. The van der Waals surface area contributed by atoms with Crippen molar-refractivity contribution in [3.8, 4) is 0 Å². The van der Waals surface area contributed by atoms with Crippen molar-refractivity contribution >= 4 is 5.91 Å². The Morgan fingerprint density at radius 3 is 2.30 bits per heavy atom. The molecule has 1 amide bonds. The van der Waals surface area contributed by atoms with Gasteiger partial charge in [-0.3, -0.25) is 9.69 Å². The summed E-state index contributed by atoms with van der Waals surface area (Å²) in [5.41, 5.74) is 8.67. The van der Waals surface area contributed by atoms with Crippen LogP contribution in [0.1, 0.15) is 30.9 Å². The van der Waals surface area contributed by atoms with E-state index in [2.05, 4.69) is 42.2 Å². The molecule has 1 aliphatic heterocycles. The van der Waals surface area contributed by atoms with Crippen LogP contribution in [-0.2, 0) is 17.8 Å². The number of benzene rings is 2. The molecule has 0 aromatic heterocycles. The first-order chi connectivity index (χ1) is 13.0. The SMILES string of the molecule is CC1CC(N(C)C(=O)C(N)Cc2ccccc2)CCN1Cc1ccccc1. The van der Waals surface area contributed by atoms with E-state index in [0.717, 1.165) is 31.5 Å². The smallest absolute Gasteiger partial charge is 0.239 e. The second-order valence-electron chi connectivity index (χ2n) is 7.73. The molecule has 1 heterocycles. The number of carbonyl (C=O) groups excluding carboxylic acids is 1. The number of likely N-dealkylation sites (N-methyl/N-ethyl adjacent to an activating group) is 1. The molecule has 0 spiro atoms. The Bertz CT molecular complexity index is 719. The van der Waals surface area contributed by atoms with Crippen LogP contribution < -0.4 is 5.73 Å². The van der Waals surface area contributed by atoms with Gasteiger partial charge in [-0.15, -0.1) is 0 Å². The molecule has 2 aromatic carbocycles. The van der Waals surface area contributed by atoms with Crippen molar-refractivity contribution in [2.45, 2.75) is 50.9 Å². The zero-order chi connectivity index (χ0) is 19.2. The van der Waals surface area contributed by atoms with E-state index in [-0.39, 0.29) is 11.9 Å². The highest BCUT2D eigenvalue weighted by molar-refractivity contribution is 5.82. The Morgan fingerprint density at radius 1 is 1.11 bits per heavy atom. The predicted molar refractivity (Wildman–Crippen MR) is 110 cm³/mol. The Hall–Kier alpha value is -2.17. The lowest BCUT2D eigenvalue weighted by Crippen LogP contribution is -2.53. The van der Waals surface area contributed by atoms with Crippen LogP contribution >= 0.6 is 0 Å². The molecule has 1 fully saturated rings. The fraction of sp³-hybridized carbons (Fsp3) is 0.435. The number of rotatable bonds is 6. The maximum Gasteiger partial charge on any atom is 0.239 e. The fourth-order valence-corrected chi connectivity index (χ4v) is 4.00. The van der Waals surface area contributed by atoms with Gasteiger partial charge >= 0.3 is 0 Å². The van der Waals surface area contributed by atoms with E-state index in [1.165, 1.54) is 5.56 Å². The third-order valence-corrected chi connectivity index (χ3v) is 5.73. The summed E-state index contributed by atoms with van der Waals surface area (Å²) in [6.45, 7) is 4.24. The van der Waals surface area contributed by atoms with E-state index >= 15 is 0 Å². The lowest BCUT2D eigenvalue weighted by molar-refractivity contribution is -0.134. The topological polar surface area (TPSA) is 49.6 Å². The van der Waals surface area contributed by atoms with Crippen LogP contribution in [-0.4, -0.2) is 47.4 Å². The van der Waals surface area contributed by atoms with Gasteiger partial charge in [-0.1, -0.05) is 60.7 Å². The maximum atomic E-state index is 12.8. The van der Waals surface area contributed by atoms with Gasteiger partial charge in [-0.25, -0.2) is 0 Å². The zero-order valence-corrected chi connectivity index (χ0v) is 16.4. The predicted octanol–water partition coefficient (Wildman–Crippen LogP) is 3.07. The van der Waals surface area contributed by atoms with Crippen LogP contribution in [0, 0.1) is 0 Å². The van der Waals surface area contributed by atoms with Gasteiger partial charge in [0.25, 0.3) is 0 Å². The third-order valence-electron chi connectivity index (χ3n) is 5.73. The van der Waals surface area contributed by atoms with Crippen molar-refractivity contribution < 1.29 is 4.79 Å². The highest BCUT2D eigenvalue weighted by Crippen LogP contribution is 2.23. The minimum atomic E-state index is -0.477. The average Bonchev–Trinajstić information content (AvgIpc) is 2.70. The zero-order valence-electron chi connectivity index (χ0n) is 16.4. The molecule has 3 unspecified atom stereocenters. The van der Waals surface area contributed by atoms with Gasteiger partial charge < -0.3 is 10.6 Å². The van der Waals surface area contributed by atoms with Gasteiger partial charge in [-0.2, -0.15) is 0 Å². The van der Waals surface area contributed by atoms with Crippen LogP contribution in [0.4, 0.5) is 0 Å². The van der Waals surface area contributed by atoms with Gasteiger partial charge in [-0.05, 0) is 37.3 Å². The lowest BCUT2D eigenvalue weighted by atomic mass is 9.95. The minimum absolute atomic E-state index is 0.0487. The van der Waals surface area contributed by atoms with Gasteiger partial charge in [0.1, 0.15) is 0 Å². The molecule has 1 aliphatic rings. The van der Waals surface area contributed by atoms with Crippen LogP contribution in [0.3, 0.4) is 0 Å². The molecule has 0 radical (unpaired) electrons. The Balaban J connectivity index is 1.53. The maximum absolute atomic E-state index is 12.8. The largest absolute Gasteiger partial charge is 0.341 e. The number of piperidine rings is 1. The highest BCUT2D eigenvalue weighted by Gasteiger charge is 2.31. The quantitative estimate of drug-likeness (QED) is 0.856. The number of likely N-dealkylation sites (tertiary alicyclic amines) is 1. The average molecular weight is 366 g/mol. The second kappa shape index (κ2) is 9.16. The van der Waals surface area contributed by atoms with Gasteiger partial charge in [0.2, 0.25) is 5.91 Å². The number of hydrogen-bond acceptors (Lipinski definition) is 3. The van der Waals surface area contributed by atoms with Crippen molar-refractivity contribution in [3.63, 3.8) is 0 Å². The molecule has 0 saturated carbocycles. The van der Waals surface area contributed by atoms with Crippen molar-refractivity contribution in [2.24, 2.45) is 5.73 Å². The summed E-state index contributed by atoms with van der Waals surface area (Å²) in [6, 6.07) is 20.8. The van der Waals surface area contributed by atoms with E-state index in [0.29, 0.717) is 12.5 Å². The van der Waals surface area contributed by atoms with E-state index < -0.39 is 6.04 Å². The van der Waals surface area contributed by atoms with E-state index in [4.69, 9.17) is 5.73 Å². The van der Waals surface area contributed by atoms with Crippen molar-refractivity contribution in [2.75, 3.05) is 13.6 Å². The molecule has 4 nitrogen and oxygen atoms in total. The van der Waals surface area contributed by atoms with Crippen molar-refractivity contribution in [1.29, 1.82) is 0 Å².